The summed E-state index contributed by atoms with van der Waals surface area (Å²) in [5.74, 6) is -0.560. The van der Waals surface area contributed by atoms with E-state index in [4.69, 9.17) is 5.11 Å². The highest BCUT2D eigenvalue weighted by Crippen LogP contribution is 2.39. The Morgan fingerprint density at radius 1 is 1.56 bits per heavy atom. The lowest BCUT2D eigenvalue weighted by Crippen LogP contribution is -2.04. The summed E-state index contributed by atoms with van der Waals surface area (Å²) >= 11 is 3.48. The predicted molar refractivity (Wildman–Crippen MR) is 63.8 cm³/mol. The molecule has 88 valence electrons. The molecule has 0 atom stereocenters. The topological polar surface area (TPSA) is 55.1 Å². The molecular weight excluding hydrogens is 272 g/mol. The third-order valence-corrected chi connectivity index (χ3v) is 4.03. The minimum atomic E-state index is -0.921. The average molecular weight is 287 g/mol. The highest BCUT2D eigenvalue weighted by atomic mass is 79.9. The minimum absolute atomic E-state index is 0.223. The van der Waals surface area contributed by atoms with Crippen LogP contribution in [-0.4, -0.2) is 20.9 Å². The van der Waals surface area contributed by atoms with Crippen LogP contribution in [0, 0.1) is 0 Å². The van der Waals surface area contributed by atoms with Crippen molar-refractivity contribution in [2.24, 2.45) is 0 Å². The van der Waals surface area contributed by atoms with Crippen molar-refractivity contribution < 1.29 is 9.90 Å². The van der Waals surface area contributed by atoms with Crippen molar-refractivity contribution in [3.63, 3.8) is 0 Å². The molecule has 0 aliphatic heterocycles. The molecule has 0 radical (unpaired) electrons. The van der Waals surface area contributed by atoms with Gasteiger partial charge in [-0.3, -0.25) is 4.68 Å². The SMILES string of the molecule is CCn1nc(C(=O)O)c(C2CCCC2)c1Br. The Balaban J connectivity index is 2.47. The zero-order valence-corrected chi connectivity index (χ0v) is 10.8. The molecule has 0 aromatic carbocycles. The third kappa shape index (κ3) is 1.88. The van der Waals surface area contributed by atoms with Crippen LogP contribution in [0.2, 0.25) is 0 Å². The zero-order chi connectivity index (χ0) is 11.7. The Morgan fingerprint density at radius 2 is 2.19 bits per heavy atom. The van der Waals surface area contributed by atoms with Gasteiger partial charge in [0.1, 0.15) is 4.60 Å². The van der Waals surface area contributed by atoms with Crippen molar-refractivity contribution in [3.05, 3.63) is 15.9 Å². The van der Waals surface area contributed by atoms with E-state index >= 15 is 0 Å². The number of halogens is 1. The Morgan fingerprint density at radius 3 is 2.69 bits per heavy atom. The van der Waals surface area contributed by atoms with Gasteiger partial charge in [0.25, 0.3) is 0 Å². The molecule has 1 aliphatic rings. The molecule has 16 heavy (non-hydrogen) atoms. The maximum atomic E-state index is 11.2. The van der Waals surface area contributed by atoms with Crippen molar-refractivity contribution in [2.75, 3.05) is 0 Å². The average Bonchev–Trinajstić information content (AvgIpc) is 2.84. The molecule has 1 heterocycles. The summed E-state index contributed by atoms with van der Waals surface area (Å²) in [4.78, 5) is 11.2. The molecule has 0 saturated heterocycles. The molecule has 5 heteroatoms. The van der Waals surface area contributed by atoms with Gasteiger partial charge in [0.05, 0.1) is 0 Å². The molecule has 1 aliphatic carbocycles. The van der Waals surface area contributed by atoms with Gasteiger partial charge in [-0.25, -0.2) is 4.79 Å². The molecular formula is C11H15BrN2O2. The van der Waals surface area contributed by atoms with E-state index < -0.39 is 5.97 Å². The molecule has 1 N–H and O–H groups in total. The maximum Gasteiger partial charge on any atom is 0.356 e. The van der Waals surface area contributed by atoms with Crippen molar-refractivity contribution in [2.45, 2.75) is 45.1 Å². The molecule has 0 spiro atoms. The lowest BCUT2D eigenvalue weighted by molar-refractivity contribution is 0.0687. The summed E-state index contributed by atoms with van der Waals surface area (Å²) in [5.41, 5.74) is 1.12. The number of aromatic carboxylic acids is 1. The molecule has 0 unspecified atom stereocenters. The Kier molecular flexibility index (Phi) is 3.33. The van der Waals surface area contributed by atoms with E-state index in [0.717, 1.165) is 23.0 Å². The van der Waals surface area contributed by atoms with Crippen LogP contribution < -0.4 is 0 Å². The van der Waals surface area contributed by atoms with Crippen LogP contribution in [0.5, 0.6) is 0 Å². The molecule has 1 fully saturated rings. The van der Waals surface area contributed by atoms with Crippen molar-refractivity contribution in [1.82, 2.24) is 9.78 Å². The summed E-state index contributed by atoms with van der Waals surface area (Å²) in [5, 5.41) is 13.3. The lowest BCUT2D eigenvalue weighted by Gasteiger charge is -2.08. The normalized spacial score (nSPS) is 16.9. The number of hydrogen-bond donors (Lipinski definition) is 1. The van der Waals surface area contributed by atoms with Gasteiger partial charge >= 0.3 is 5.97 Å². The number of carbonyl (C=O) groups is 1. The number of aryl methyl sites for hydroxylation is 1. The Bertz CT molecular complexity index is 408. The van der Waals surface area contributed by atoms with Gasteiger partial charge in [-0.2, -0.15) is 5.10 Å². The number of carboxylic acid groups (broad SMARTS) is 1. The number of nitrogens with zero attached hydrogens (tertiary/aromatic N) is 2. The van der Waals surface area contributed by atoms with E-state index in [1.165, 1.54) is 12.8 Å². The Labute approximate surface area is 103 Å². The molecule has 0 amide bonds. The van der Waals surface area contributed by atoms with Crippen LogP contribution in [-0.2, 0) is 6.54 Å². The van der Waals surface area contributed by atoms with E-state index in [-0.39, 0.29) is 5.69 Å². The van der Waals surface area contributed by atoms with Crippen LogP contribution in [0.1, 0.15) is 54.6 Å². The quantitative estimate of drug-likeness (QED) is 0.929. The largest absolute Gasteiger partial charge is 0.476 e. The van der Waals surface area contributed by atoms with Gasteiger partial charge in [0, 0.05) is 12.1 Å². The molecule has 1 aromatic heterocycles. The third-order valence-electron chi connectivity index (χ3n) is 3.19. The fraction of sp³-hybridized carbons (Fsp3) is 0.636. The van der Waals surface area contributed by atoms with Crippen LogP contribution in [0.3, 0.4) is 0 Å². The predicted octanol–water partition coefficient (Wildman–Crippen LogP) is 3.02. The first-order valence-electron chi connectivity index (χ1n) is 5.64. The zero-order valence-electron chi connectivity index (χ0n) is 9.24. The highest BCUT2D eigenvalue weighted by molar-refractivity contribution is 9.10. The fourth-order valence-corrected chi connectivity index (χ4v) is 3.24. The maximum absolute atomic E-state index is 11.2. The summed E-state index contributed by atoms with van der Waals surface area (Å²) in [6.07, 6.45) is 4.53. The van der Waals surface area contributed by atoms with Crippen LogP contribution >= 0.6 is 15.9 Å². The number of rotatable bonds is 3. The van der Waals surface area contributed by atoms with Crippen LogP contribution in [0.15, 0.2) is 4.60 Å². The first-order chi connectivity index (χ1) is 7.65. The number of carboxylic acids is 1. The smallest absolute Gasteiger partial charge is 0.356 e. The van der Waals surface area contributed by atoms with E-state index in [9.17, 15) is 4.79 Å². The first kappa shape index (κ1) is 11.6. The van der Waals surface area contributed by atoms with Crippen LogP contribution in [0.4, 0.5) is 0 Å². The van der Waals surface area contributed by atoms with Crippen molar-refractivity contribution in [3.8, 4) is 0 Å². The summed E-state index contributed by atoms with van der Waals surface area (Å²) in [7, 11) is 0. The Hall–Kier alpha value is -0.840. The fourth-order valence-electron chi connectivity index (χ4n) is 2.40. The molecule has 4 nitrogen and oxygen atoms in total. The van der Waals surface area contributed by atoms with Crippen molar-refractivity contribution >= 4 is 21.9 Å². The summed E-state index contributed by atoms with van der Waals surface area (Å²) < 4.78 is 2.57. The van der Waals surface area contributed by atoms with E-state index in [0.29, 0.717) is 12.5 Å². The summed E-state index contributed by atoms with van der Waals surface area (Å²) in [6.45, 7) is 2.65. The van der Waals surface area contributed by atoms with Gasteiger partial charge in [-0.15, -0.1) is 0 Å². The van der Waals surface area contributed by atoms with Gasteiger partial charge in [0.15, 0.2) is 5.69 Å². The van der Waals surface area contributed by atoms with E-state index in [1.54, 1.807) is 4.68 Å². The van der Waals surface area contributed by atoms with Gasteiger partial charge in [-0.05, 0) is 41.6 Å². The monoisotopic (exact) mass is 286 g/mol. The van der Waals surface area contributed by atoms with Gasteiger partial charge in [0.2, 0.25) is 0 Å². The molecule has 1 saturated carbocycles. The first-order valence-corrected chi connectivity index (χ1v) is 6.44. The summed E-state index contributed by atoms with van der Waals surface area (Å²) in [6, 6.07) is 0. The van der Waals surface area contributed by atoms with Gasteiger partial charge < -0.3 is 5.11 Å². The number of hydrogen-bond acceptors (Lipinski definition) is 2. The van der Waals surface area contributed by atoms with Crippen LogP contribution in [0.25, 0.3) is 0 Å². The van der Waals surface area contributed by atoms with Crippen molar-refractivity contribution in [1.29, 1.82) is 0 Å². The molecule has 1 aromatic rings. The van der Waals surface area contributed by atoms with Gasteiger partial charge in [-0.1, -0.05) is 12.8 Å². The highest BCUT2D eigenvalue weighted by Gasteiger charge is 2.29. The van der Waals surface area contributed by atoms with E-state index in [1.807, 2.05) is 6.92 Å². The second-order valence-electron chi connectivity index (χ2n) is 4.16. The second-order valence-corrected chi connectivity index (χ2v) is 4.91. The van der Waals surface area contributed by atoms with E-state index in [2.05, 4.69) is 21.0 Å². The number of aromatic nitrogens is 2. The minimum Gasteiger partial charge on any atom is -0.476 e. The molecule has 2 rings (SSSR count). The second kappa shape index (κ2) is 4.57. The standard InChI is InChI=1S/C11H15BrN2O2/c1-2-14-10(12)8(7-5-3-4-6-7)9(13-14)11(15)16/h7H,2-6H2,1H3,(H,15,16). The lowest BCUT2D eigenvalue weighted by atomic mass is 9.98. The molecule has 0 bridgehead atoms.